The number of benzene rings is 2. The van der Waals surface area contributed by atoms with Crippen LogP contribution in [0.25, 0.3) is 10.9 Å². The van der Waals surface area contributed by atoms with Gasteiger partial charge in [-0.1, -0.05) is 45.0 Å². The van der Waals surface area contributed by atoms with Crippen molar-refractivity contribution >= 4 is 28.7 Å². The van der Waals surface area contributed by atoms with Gasteiger partial charge in [-0.15, -0.1) is 0 Å². The summed E-state index contributed by atoms with van der Waals surface area (Å²) in [4.78, 5) is 43.4. The summed E-state index contributed by atoms with van der Waals surface area (Å²) >= 11 is 0. The zero-order valence-corrected chi connectivity index (χ0v) is 22.8. The Bertz CT molecular complexity index is 1450. The SMILES string of the molecule is CC(C)(C)CN1Cc2c(ccc3[nH]ncc23)C[C@@H](NC(=O)N2CCC3(CC2)CNC(=O)c2ccccc23)C1=O. The first-order valence-electron chi connectivity index (χ1n) is 13.8. The van der Waals surface area contributed by atoms with Gasteiger partial charge in [0.25, 0.3) is 5.91 Å². The molecule has 6 rings (SSSR count). The molecule has 0 aliphatic carbocycles. The Kier molecular flexibility index (Phi) is 6.12. The first-order chi connectivity index (χ1) is 18.6. The van der Waals surface area contributed by atoms with Crippen LogP contribution in [-0.4, -0.2) is 70.1 Å². The van der Waals surface area contributed by atoms with Gasteiger partial charge in [0.1, 0.15) is 6.04 Å². The number of carbonyl (C=O) groups excluding carboxylic acids is 3. The van der Waals surface area contributed by atoms with Crippen molar-refractivity contribution in [3.8, 4) is 0 Å². The average molecular weight is 529 g/mol. The molecule has 0 unspecified atom stereocenters. The van der Waals surface area contributed by atoms with Crippen molar-refractivity contribution in [1.82, 2.24) is 30.6 Å². The third-order valence-electron chi connectivity index (χ3n) is 8.52. The molecule has 2 aromatic carbocycles. The minimum absolute atomic E-state index is 0.0314. The van der Waals surface area contributed by atoms with Gasteiger partial charge in [0.15, 0.2) is 0 Å². The van der Waals surface area contributed by atoms with Gasteiger partial charge in [-0.2, -0.15) is 5.10 Å². The monoisotopic (exact) mass is 528 g/mol. The molecular formula is C30H36N6O3. The summed E-state index contributed by atoms with van der Waals surface area (Å²) < 4.78 is 0. The van der Waals surface area contributed by atoms with Crippen LogP contribution < -0.4 is 10.6 Å². The lowest BCUT2D eigenvalue weighted by molar-refractivity contribution is -0.134. The number of H-pyrrole nitrogens is 1. The van der Waals surface area contributed by atoms with Crippen LogP contribution in [0.15, 0.2) is 42.6 Å². The summed E-state index contributed by atoms with van der Waals surface area (Å²) in [5.41, 5.74) is 4.65. The van der Waals surface area contributed by atoms with Crippen LogP contribution in [-0.2, 0) is 23.2 Å². The van der Waals surface area contributed by atoms with Crippen molar-refractivity contribution in [2.75, 3.05) is 26.2 Å². The highest BCUT2D eigenvalue weighted by Crippen LogP contribution is 2.39. The van der Waals surface area contributed by atoms with E-state index in [1.165, 1.54) is 0 Å². The summed E-state index contributed by atoms with van der Waals surface area (Å²) in [5, 5.41) is 14.4. The molecular weight excluding hydrogens is 492 g/mol. The van der Waals surface area contributed by atoms with E-state index in [1.807, 2.05) is 52.4 Å². The number of nitrogens with zero attached hydrogens (tertiary/aromatic N) is 3. The van der Waals surface area contributed by atoms with Crippen LogP contribution in [0.5, 0.6) is 0 Å². The number of piperidine rings is 1. The molecule has 1 spiro atoms. The lowest BCUT2D eigenvalue weighted by Gasteiger charge is -2.45. The Labute approximate surface area is 228 Å². The van der Waals surface area contributed by atoms with Crippen LogP contribution in [0.4, 0.5) is 4.79 Å². The lowest BCUT2D eigenvalue weighted by Crippen LogP contribution is -2.57. The van der Waals surface area contributed by atoms with E-state index < -0.39 is 6.04 Å². The molecule has 0 saturated carbocycles. The number of hydrogen-bond acceptors (Lipinski definition) is 4. The van der Waals surface area contributed by atoms with Crippen molar-refractivity contribution in [3.63, 3.8) is 0 Å². The summed E-state index contributed by atoms with van der Waals surface area (Å²) in [6.07, 6.45) is 3.78. The second kappa shape index (κ2) is 9.39. The molecule has 0 bridgehead atoms. The quantitative estimate of drug-likeness (QED) is 0.474. The third-order valence-corrected chi connectivity index (χ3v) is 8.52. The number of fused-ring (bicyclic) bond motifs is 5. The maximum Gasteiger partial charge on any atom is 0.318 e. The Morgan fingerprint density at radius 1 is 1.13 bits per heavy atom. The molecule has 0 radical (unpaired) electrons. The predicted molar refractivity (Wildman–Crippen MR) is 148 cm³/mol. The smallest absolute Gasteiger partial charge is 0.318 e. The molecule has 39 heavy (non-hydrogen) atoms. The van der Waals surface area contributed by atoms with Gasteiger partial charge in [0.2, 0.25) is 5.91 Å². The number of likely N-dealkylation sites (tertiary alicyclic amines) is 1. The van der Waals surface area contributed by atoms with Gasteiger partial charge in [-0.05, 0) is 47.1 Å². The van der Waals surface area contributed by atoms with E-state index in [2.05, 4.69) is 41.6 Å². The van der Waals surface area contributed by atoms with E-state index in [1.54, 1.807) is 0 Å². The zero-order chi connectivity index (χ0) is 27.4. The topological polar surface area (TPSA) is 110 Å². The van der Waals surface area contributed by atoms with E-state index in [-0.39, 0.29) is 28.7 Å². The molecule has 9 heteroatoms. The number of amides is 4. The van der Waals surface area contributed by atoms with E-state index in [4.69, 9.17) is 0 Å². The van der Waals surface area contributed by atoms with Crippen LogP contribution in [0.3, 0.4) is 0 Å². The fourth-order valence-electron chi connectivity index (χ4n) is 6.52. The van der Waals surface area contributed by atoms with Gasteiger partial charge in [-0.25, -0.2) is 4.79 Å². The van der Waals surface area contributed by atoms with Crippen molar-refractivity contribution in [2.45, 2.75) is 58.0 Å². The van der Waals surface area contributed by atoms with Crippen LogP contribution in [0, 0.1) is 5.41 Å². The zero-order valence-electron chi connectivity index (χ0n) is 22.8. The van der Waals surface area contributed by atoms with E-state index in [9.17, 15) is 14.4 Å². The summed E-state index contributed by atoms with van der Waals surface area (Å²) in [7, 11) is 0. The number of nitrogens with one attached hydrogen (secondary N) is 3. The largest absolute Gasteiger partial charge is 0.351 e. The molecule has 9 nitrogen and oxygen atoms in total. The minimum atomic E-state index is -0.643. The second-order valence-corrected chi connectivity index (χ2v) is 12.5. The Morgan fingerprint density at radius 2 is 1.90 bits per heavy atom. The number of hydrogen-bond donors (Lipinski definition) is 3. The molecule has 3 aromatic rings. The Hall–Kier alpha value is -3.88. The van der Waals surface area contributed by atoms with Crippen molar-refractivity contribution < 1.29 is 14.4 Å². The fraction of sp³-hybridized carbons (Fsp3) is 0.467. The third kappa shape index (κ3) is 4.64. The highest BCUT2D eigenvalue weighted by atomic mass is 16.2. The molecule has 1 atom stereocenters. The van der Waals surface area contributed by atoms with Gasteiger partial charge in [-0.3, -0.25) is 14.7 Å². The maximum atomic E-state index is 13.8. The first kappa shape index (κ1) is 25.4. The highest BCUT2D eigenvalue weighted by Gasteiger charge is 2.43. The Balaban J connectivity index is 1.21. The molecule has 3 aliphatic rings. The van der Waals surface area contributed by atoms with Crippen LogP contribution in [0.2, 0.25) is 0 Å². The highest BCUT2D eigenvalue weighted by molar-refractivity contribution is 5.97. The van der Waals surface area contributed by atoms with Crippen molar-refractivity contribution in [1.29, 1.82) is 0 Å². The normalized spacial score (nSPS) is 20.8. The van der Waals surface area contributed by atoms with E-state index in [0.29, 0.717) is 39.1 Å². The van der Waals surface area contributed by atoms with Gasteiger partial charge < -0.3 is 20.4 Å². The van der Waals surface area contributed by atoms with Crippen molar-refractivity contribution in [2.24, 2.45) is 5.41 Å². The summed E-state index contributed by atoms with van der Waals surface area (Å²) in [6.45, 7) is 9.15. The number of carbonyl (C=O) groups is 3. The molecule has 1 aromatic heterocycles. The van der Waals surface area contributed by atoms with E-state index in [0.717, 1.165) is 46.0 Å². The average Bonchev–Trinajstić information content (AvgIpc) is 3.35. The number of aromatic amines is 1. The molecule has 4 heterocycles. The molecule has 3 aliphatic heterocycles. The van der Waals surface area contributed by atoms with Gasteiger partial charge in [0.05, 0.1) is 11.7 Å². The minimum Gasteiger partial charge on any atom is -0.351 e. The first-order valence-corrected chi connectivity index (χ1v) is 13.8. The molecule has 1 saturated heterocycles. The number of rotatable bonds is 2. The summed E-state index contributed by atoms with van der Waals surface area (Å²) in [5.74, 6) is -0.0837. The maximum absolute atomic E-state index is 13.8. The molecule has 1 fully saturated rings. The second-order valence-electron chi connectivity index (χ2n) is 12.5. The summed E-state index contributed by atoms with van der Waals surface area (Å²) in [6, 6.07) is 11.0. The number of urea groups is 1. The fourth-order valence-corrected chi connectivity index (χ4v) is 6.52. The van der Waals surface area contributed by atoms with E-state index >= 15 is 0 Å². The molecule has 204 valence electrons. The van der Waals surface area contributed by atoms with Crippen molar-refractivity contribution in [3.05, 3.63) is 64.8 Å². The lowest BCUT2D eigenvalue weighted by atomic mass is 9.69. The molecule has 3 N–H and O–H groups in total. The standard InChI is InChI=1S/C30H36N6O3/c1-29(2,3)18-36-16-22-19(8-9-24-21(22)15-32-34-24)14-25(27(36)38)33-28(39)35-12-10-30(11-13-35)17-31-26(37)20-6-4-5-7-23(20)30/h4-9,15,25H,10-14,16-18H2,1-3H3,(H,31,37)(H,32,34)(H,33,39)/t25-/m1/s1. The number of aromatic nitrogens is 2. The van der Waals surface area contributed by atoms with Gasteiger partial charge >= 0.3 is 6.03 Å². The van der Waals surface area contributed by atoms with Crippen LogP contribution >= 0.6 is 0 Å². The molecule has 4 amide bonds. The Morgan fingerprint density at radius 3 is 2.67 bits per heavy atom. The van der Waals surface area contributed by atoms with Crippen LogP contribution in [0.1, 0.15) is 60.7 Å². The predicted octanol–water partition coefficient (Wildman–Crippen LogP) is 3.35. The van der Waals surface area contributed by atoms with Gasteiger partial charge in [0, 0.05) is 55.5 Å².